The van der Waals surface area contributed by atoms with Crippen molar-refractivity contribution >= 4 is 23.4 Å². The first kappa shape index (κ1) is 15.1. The number of nitrogens with zero attached hydrogens (tertiary/aromatic N) is 4. The molecule has 7 nitrogen and oxygen atoms in total. The van der Waals surface area contributed by atoms with Crippen molar-refractivity contribution in [1.82, 2.24) is 9.97 Å². The number of rotatable bonds is 3. The average Bonchev–Trinajstić information content (AvgIpc) is 2.63. The van der Waals surface area contributed by atoms with Crippen molar-refractivity contribution in [1.29, 1.82) is 0 Å². The molecule has 2 aromatic rings. The zero-order valence-corrected chi connectivity index (χ0v) is 13.0. The van der Waals surface area contributed by atoms with Gasteiger partial charge in [0.2, 0.25) is 0 Å². The fourth-order valence-electron chi connectivity index (χ4n) is 2.52. The van der Waals surface area contributed by atoms with Gasteiger partial charge in [0, 0.05) is 32.4 Å². The average molecular weight is 313 g/mol. The standard InChI is InChI=1S/C16H19N5O2/c1-23-16(22)19-13-5-6-15(18-12-13)21-10-8-20(9-11-21)14-4-2-3-7-17-14/h2-7,12H,8-11H2,1H3,(H,19,22). The van der Waals surface area contributed by atoms with Gasteiger partial charge in [-0.25, -0.2) is 14.8 Å². The zero-order chi connectivity index (χ0) is 16.1. The fourth-order valence-corrected chi connectivity index (χ4v) is 2.52. The number of pyridine rings is 2. The molecule has 1 fully saturated rings. The van der Waals surface area contributed by atoms with Crippen LogP contribution in [0.25, 0.3) is 0 Å². The van der Waals surface area contributed by atoms with Gasteiger partial charge in [0.15, 0.2) is 0 Å². The molecule has 0 bridgehead atoms. The van der Waals surface area contributed by atoms with Crippen molar-refractivity contribution in [3.8, 4) is 0 Å². The summed E-state index contributed by atoms with van der Waals surface area (Å²) in [6, 6.07) is 9.68. The largest absolute Gasteiger partial charge is 0.453 e. The summed E-state index contributed by atoms with van der Waals surface area (Å²) in [5.74, 6) is 1.92. The number of methoxy groups -OCH3 is 1. The molecule has 0 saturated carbocycles. The van der Waals surface area contributed by atoms with Crippen molar-refractivity contribution in [2.75, 3.05) is 48.4 Å². The van der Waals surface area contributed by atoms with Crippen LogP contribution in [0.1, 0.15) is 0 Å². The summed E-state index contributed by atoms with van der Waals surface area (Å²) in [4.78, 5) is 24.4. The topological polar surface area (TPSA) is 70.6 Å². The number of piperazine rings is 1. The van der Waals surface area contributed by atoms with Crippen LogP contribution in [0.15, 0.2) is 42.7 Å². The summed E-state index contributed by atoms with van der Waals surface area (Å²) in [6.07, 6.45) is 2.96. The van der Waals surface area contributed by atoms with E-state index in [4.69, 9.17) is 0 Å². The van der Waals surface area contributed by atoms with E-state index in [1.54, 1.807) is 6.20 Å². The van der Waals surface area contributed by atoms with E-state index in [1.165, 1.54) is 7.11 Å². The van der Waals surface area contributed by atoms with E-state index in [0.29, 0.717) is 5.69 Å². The molecule has 0 atom stereocenters. The number of aromatic nitrogens is 2. The second-order valence-corrected chi connectivity index (χ2v) is 5.18. The second-order valence-electron chi connectivity index (χ2n) is 5.18. The van der Waals surface area contributed by atoms with Crippen LogP contribution in [0.3, 0.4) is 0 Å². The fraction of sp³-hybridized carbons (Fsp3) is 0.312. The Hall–Kier alpha value is -2.83. The van der Waals surface area contributed by atoms with Crippen LogP contribution in [-0.2, 0) is 4.74 Å². The molecule has 1 aliphatic heterocycles. The van der Waals surface area contributed by atoms with Crippen molar-refractivity contribution < 1.29 is 9.53 Å². The molecule has 120 valence electrons. The first-order valence-electron chi connectivity index (χ1n) is 7.48. The van der Waals surface area contributed by atoms with Gasteiger partial charge < -0.3 is 14.5 Å². The zero-order valence-electron chi connectivity index (χ0n) is 13.0. The lowest BCUT2D eigenvalue weighted by Crippen LogP contribution is -2.47. The number of hydrogen-bond donors (Lipinski definition) is 1. The van der Waals surface area contributed by atoms with E-state index in [1.807, 2.05) is 36.5 Å². The molecule has 7 heteroatoms. The normalized spacial score (nSPS) is 14.5. The third-order valence-electron chi connectivity index (χ3n) is 3.76. The predicted molar refractivity (Wildman–Crippen MR) is 88.9 cm³/mol. The molecule has 23 heavy (non-hydrogen) atoms. The first-order chi connectivity index (χ1) is 11.3. The molecule has 2 aromatic heterocycles. The van der Waals surface area contributed by atoms with Gasteiger partial charge in [-0.1, -0.05) is 6.07 Å². The van der Waals surface area contributed by atoms with Crippen LogP contribution < -0.4 is 15.1 Å². The monoisotopic (exact) mass is 313 g/mol. The Morgan fingerprint density at radius 1 is 1.04 bits per heavy atom. The van der Waals surface area contributed by atoms with Crippen molar-refractivity contribution in [3.63, 3.8) is 0 Å². The lowest BCUT2D eigenvalue weighted by molar-refractivity contribution is 0.187. The predicted octanol–water partition coefficient (Wildman–Crippen LogP) is 1.98. The highest BCUT2D eigenvalue weighted by molar-refractivity contribution is 5.84. The van der Waals surface area contributed by atoms with Crippen molar-refractivity contribution in [2.24, 2.45) is 0 Å². The maximum atomic E-state index is 11.2. The highest BCUT2D eigenvalue weighted by Crippen LogP contribution is 2.18. The van der Waals surface area contributed by atoms with Crippen molar-refractivity contribution in [3.05, 3.63) is 42.7 Å². The molecular weight excluding hydrogens is 294 g/mol. The first-order valence-corrected chi connectivity index (χ1v) is 7.48. The van der Waals surface area contributed by atoms with E-state index in [-0.39, 0.29) is 0 Å². The van der Waals surface area contributed by atoms with Crippen LogP contribution >= 0.6 is 0 Å². The number of carbonyl (C=O) groups excluding carboxylic acids is 1. The third-order valence-corrected chi connectivity index (χ3v) is 3.76. The van der Waals surface area contributed by atoms with E-state index in [9.17, 15) is 4.79 Å². The van der Waals surface area contributed by atoms with Gasteiger partial charge in [0.1, 0.15) is 11.6 Å². The second kappa shape index (κ2) is 6.95. The van der Waals surface area contributed by atoms with E-state index >= 15 is 0 Å². The Kier molecular flexibility index (Phi) is 4.56. The summed E-state index contributed by atoms with van der Waals surface area (Å²) in [5.41, 5.74) is 0.618. The number of carbonyl (C=O) groups is 1. The van der Waals surface area contributed by atoms with Crippen LogP contribution in [0.2, 0.25) is 0 Å². The number of anilines is 3. The molecule has 0 spiro atoms. The van der Waals surface area contributed by atoms with Gasteiger partial charge in [-0.05, 0) is 24.3 Å². The Morgan fingerprint density at radius 3 is 2.26 bits per heavy atom. The molecule has 0 aromatic carbocycles. The molecule has 0 aliphatic carbocycles. The summed E-state index contributed by atoms with van der Waals surface area (Å²) >= 11 is 0. The van der Waals surface area contributed by atoms with Gasteiger partial charge in [-0.15, -0.1) is 0 Å². The smallest absolute Gasteiger partial charge is 0.411 e. The summed E-state index contributed by atoms with van der Waals surface area (Å²) < 4.78 is 4.55. The number of ether oxygens (including phenoxy) is 1. The minimum absolute atomic E-state index is 0.497. The molecule has 3 rings (SSSR count). The third kappa shape index (κ3) is 3.68. The maximum absolute atomic E-state index is 11.2. The van der Waals surface area contributed by atoms with Crippen LogP contribution in [-0.4, -0.2) is 49.4 Å². The Labute approximate surface area is 134 Å². The van der Waals surface area contributed by atoms with E-state index in [2.05, 4.69) is 29.8 Å². The molecule has 1 saturated heterocycles. The number of amides is 1. The Balaban J connectivity index is 1.58. The summed E-state index contributed by atoms with van der Waals surface area (Å²) in [6.45, 7) is 3.57. The SMILES string of the molecule is COC(=O)Nc1ccc(N2CCN(c3ccccn3)CC2)nc1. The van der Waals surface area contributed by atoms with Crippen molar-refractivity contribution in [2.45, 2.75) is 0 Å². The van der Waals surface area contributed by atoms with Crippen LogP contribution in [0.5, 0.6) is 0 Å². The molecule has 3 heterocycles. The maximum Gasteiger partial charge on any atom is 0.411 e. The van der Waals surface area contributed by atoms with Gasteiger partial charge in [-0.2, -0.15) is 0 Å². The highest BCUT2D eigenvalue weighted by Gasteiger charge is 2.18. The molecule has 1 amide bonds. The van der Waals surface area contributed by atoms with Crippen LogP contribution in [0, 0.1) is 0 Å². The molecule has 1 aliphatic rings. The lowest BCUT2D eigenvalue weighted by atomic mass is 10.3. The Morgan fingerprint density at radius 2 is 1.74 bits per heavy atom. The van der Waals surface area contributed by atoms with Gasteiger partial charge >= 0.3 is 6.09 Å². The Bertz CT molecular complexity index is 639. The van der Waals surface area contributed by atoms with Gasteiger partial charge in [-0.3, -0.25) is 5.32 Å². The molecule has 1 N–H and O–H groups in total. The minimum Gasteiger partial charge on any atom is -0.453 e. The molecule has 0 radical (unpaired) electrons. The van der Waals surface area contributed by atoms with E-state index < -0.39 is 6.09 Å². The highest BCUT2D eigenvalue weighted by atomic mass is 16.5. The lowest BCUT2D eigenvalue weighted by Gasteiger charge is -2.36. The van der Waals surface area contributed by atoms with Gasteiger partial charge in [0.25, 0.3) is 0 Å². The summed E-state index contributed by atoms with van der Waals surface area (Å²) in [7, 11) is 1.33. The minimum atomic E-state index is -0.497. The number of hydrogen-bond acceptors (Lipinski definition) is 6. The van der Waals surface area contributed by atoms with Crippen LogP contribution in [0.4, 0.5) is 22.1 Å². The quantitative estimate of drug-likeness (QED) is 0.934. The van der Waals surface area contributed by atoms with Gasteiger partial charge in [0.05, 0.1) is 19.0 Å². The molecular formula is C16H19N5O2. The number of nitrogens with one attached hydrogen (secondary N) is 1. The molecule has 0 unspecified atom stereocenters. The summed E-state index contributed by atoms with van der Waals surface area (Å²) in [5, 5.41) is 2.59. The van der Waals surface area contributed by atoms with E-state index in [0.717, 1.165) is 37.8 Å².